The largest absolute Gasteiger partial charge is 0.450 e. The van der Waals surface area contributed by atoms with Crippen LogP contribution >= 0.6 is 34.8 Å². The van der Waals surface area contributed by atoms with Crippen molar-refractivity contribution in [3.05, 3.63) is 27.2 Å². The zero-order valence-electron chi connectivity index (χ0n) is 15.3. The van der Waals surface area contributed by atoms with E-state index >= 15 is 0 Å². The molecule has 2 rings (SSSR count). The van der Waals surface area contributed by atoms with Crippen molar-refractivity contribution in [2.45, 2.75) is 6.92 Å². The molecule has 2 amide bonds. The summed E-state index contributed by atoms with van der Waals surface area (Å²) in [7, 11) is -3.82. The molecule has 0 N–H and O–H groups in total. The lowest BCUT2D eigenvalue weighted by atomic mass is 10.3. The fourth-order valence-electron chi connectivity index (χ4n) is 2.66. The number of halogens is 3. The second kappa shape index (κ2) is 9.39. The molecule has 0 aromatic heterocycles. The monoisotopic (exact) mass is 471 g/mol. The number of amides is 2. The highest BCUT2D eigenvalue weighted by atomic mass is 35.5. The van der Waals surface area contributed by atoms with Gasteiger partial charge in [0.25, 0.3) is 0 Å². The quantitative estimate of drug-likeness (QED) is 0.615. The second-order valence-electron chi connectivity index (χ2n) is 6.05. The standard InChI is InChI=1S/C16H20Cl3N3O5S/c1-3-27-16(24)21-6-4-20(5-7-21)15(23)10-22(28(2,25)26)14-9-12(18)11(17)8-13(14)19/h8-9H,3-7,10H2,1-2H3. The first-order valence-electron chi connectivity index (χ1n) is 8.36. The Bertz CT molecular complexity index is 857. The van der Waals surface area contributed by atoms with E-state index in [1.807, 2.05) is 0 Å². The third-order valence-corrected chi connectivity index (χ3v) is 6.25. The van der Waals surface area contributed by atoms with Crippen LogP contribution in [0.25, 0.3) is 0 Å². The van der Waals surface area contributed by atoms with Crippen LogP contribution < -0.4 is 4.31 Å². The molecule has 1 aliphatic heterocycles. The Morgan fingerprint density at radius 2 is 1.57 bits per heavy atom. The molecule has 0 aliphatic carbocycles. The molecular weight excluding hydrogens is 453 g/mol. The van der Waals surface area contributed by atoms with Crippen LogP contribution in [0.5, 0.6) is 0 Å². The van der Waals surface area contributed by atoms with E-state index in [1.54, 1.807) is 6.92 Å². The van der Waals surface area contributed by atoms with Crippen LogP contribution in [0.15, 0.2) is 12.1 Å². The van der Waals surface area contributed by atoms with Crippen LogP contribution in [-0.4, -0.2) is 75.8 Å². The fraction of sp³-hybridized carbons (Fsp3) is 0.500. The van der Waals surface area contributed by atoms with E-state index in [2.05, 4.69) is 0 Å². The molecule has 0 unspecified atom stereocenters. The Kier molecular flexibility index (Phi) is 7.66. The van der Waals surface area contributed by atoms with Crippen molar-refractivity contribution in [1.82, 2.24) is 9.80 Å². The van der Waals surface area contributed by atoms with Crippen LogP contribution in [0.3, 0.4) is 0 Å². The molecule has 0 saturated carbocycles. The Morgan fingerprint density at radius 1 is 1.04 bits per heavy atom. The van der Waals surface area contributed by atoms with Crippen molar-refractivity contribution in [3.8, 4) is 0 Å². The lowest BCUT2D eigenvalue weighted by Crippen LogP contribution is -2.53. The number of benzene rings is 1. The maximum absolute atomic E-state index is 12.7. The first kappa shape index (κ1) is 22.9. The Morgan fingerprint density at radius 3 is 2.11 bits per heavy atom. The summed E-state index contributed by atoms with van der Waals surface area (Å²) in [6, 6.07) is 2.63. The highest BCUT2D eigenvalue weighted by Crippen LogP contribution is 2.35. The zero-order valence-corrected chi connectivity index (χ0v) is 18.4. The number of carbonyl (C=O) groups excluding carboxylic acids is 2. The summed E-state index contributed by atoms with van der Waals surface area (Å²) >= 11 is 18.0. The number of hydrogen-bond donors (Lipinski definition) is 0. The first-order chi connectivity index (χ1) is 13.0. The topological polar surface area (TPSA) is 87.2 Å². The highest BCUT2D eigenvalue weighted by Gasteiger charge is 2.29. The summed E-state index contributed by atoms with van der Waals surface area (Å²) in [5.41, 5.74) is 0.0667. The van der Waals surface area contributed by atoms with Crippen molar-refractivity contribution in [2.75, 3.05) is 49.9 Å². The van der Waals surface area contributed by atoms with Gasteiger partial charge in [0, 0.05) is 26.2 Å². The molecule has 0 bridgehead atoms. The zero-order chi connectivity index (χ0) is 21.1. The number of rotatable bonds is 5. The van der Waals surface area contributed by atoms with Crippen LogP contribution in [0.1, 0.15) is 6.92 Å². The Labute approximate surface area is 178 Å². The summed E-state index contributed by atoms with van der Waals surface area (Å²) in [6.45, 7) is 2.68. The molecule has 0 atom stereocenters. The molecule has 0 radical (unpaired) electrons. The van der Waals surface area contributed by atoms with Crippen molar-refractivity contribution in [3.63, 3.8) is 0 Å². The van der Waals surface area contributed by atoms with E-state index in [1.165, 1.54) is 21.9 Å². The lowest BCUT2D eigenvalue weighted by Gasteiger charge is -2.35. The molecule has 1 aliphatic rings. The number of nitrogens with zero attached hydrogens (tertiary/aromatic N) is 3. The lowest BCUT2D eigenvalue weighted by molar-refractivity contribution is -0.131. The first-order valence-corrected chi connectivity index (χ1v) is 11.3. The van der Waals surface area contributed by atoms with Gasteiger partial charge in [-0.1, -0.05) is 34.8 Å². The third kappa shape index (κ3) is 5.56. The molecule has 1 fully saturated rings. The van der Waals surface area contributed by atoms with Crippen molar-refractivity contribution in [1.29, 1.82) is 0 Å². The summed E-state index contributed by atoms with van der Waals surface area (Å²) < 4.78 is 30.3. The van der Waals surface area contributed by atoms with Crippen molar-refractivity contribution >= 4 is 62.5 Å². The van der Waals surface area contributed by atoms with E-state index < -0.39 is 28.6 Å². The summed E-state index contributed by atoms with van der Waals surface area (Å²) in [5, 5.41) is 0.343. The molecule has 8 nitrogen and oxygen atoms in total. The normalized spacial score (nSPS) is 14.8. The van der Waals surface area contributed by atoms with Gasteiger partial charge in [0.05, 0.1) is 33.6 Å². The molecule has 1 aromatic carbocycles. The number of sulfonamides is 1. The van der Waals surface area contributed by atoms with E-state index in [0.717, 1.165) is 10.6 Å². The predicted octanol–water partition coefficient (Wildman–Crippen LogP) is 2.71. The van der Waals surface area contributed by atoms with Crippen LogP contribution in [0.4, 0.5) is 10.5 Å². The maximum atomic E-state index is 12.7. The summed E-state index contributed by atoms with van der Waals surface area (Å²) in [5.74, 6) is -0.420. The molecular formula is C16H20Cl3N3O5S. The van der Waals surface area contributed by atoms with Gasteiger partial charge in [-0.2, -0.15) is 0 Å². The molecule has 12 heteroatoms. The third-order valence-electron chi connectivity index (χ3n) is 4.10. The fourth-order valence-corrected chi connectivity index (χ4v) is 4.21. The Hall–Kier alpha value is -1.42. The average molecular weight is 473 g/mol. The van der Waals surface area contributed by atoms with E-state index in [9.17, 15) is 18.0 Å². The molecule has 1 heterocycles. The van der Waals surface area contributed by atoms with Gasteiger partial charge < -0.3 is 14.5 Å². The van der Waals surface area contributed by atoms with Crippen molar-refractivity contribution < 1.29 is 22.7 Å². The number of carbonyl (C=O) groups is 2. The SMILES string of the molecule is CCOC(=O)N1CCN(C(=O)CN(c2cc(Cl)c(Cl)cc2Cl)S(C)(=O)=O)CC1. The van der Waals surface area contributed by atoms with Gasteiger partial charge in [-0.15, -0.1) is 0 Å². The van der Waals surface area contributed by atoms with Crippen molar-refractivity contribution in [2.24, 2.45) is 0 Å². The summed E-state index contributed by atoms with van der Waals surface area (Å²) in [4.78, 5) is 27.4. The van der Waals surface area contributed by atoms with Crippen LogP contribution in [0, 0.1) is 0 Å². The highest BCUT2D eigenvalue weighted by molar-refractivity contribution is 7.92. The van der Waals surface area contributed by atoms with Crippen LogP contribution in [0.2, 0.25) is 15.1 Å². The predicted molar refractivity (Wildman–Crippen MR) is 109 cm³/mol. The van der Waals surface area contributed by atoms with Gasteiger partial charge in [-0.3, -0.25) is 9.10 Å². The smallest absolute Gasteiger partial charge is 0.409 e. The molecule has 28 heavy (non-hydrogen) atoms. The minimum atomic E-state index is -3.82. The van der Waals surface area contributed by atoms with E-state index in [-0.39, 0.29) is 40.5 Å². The van der Waals surface area contributed by atoms with Gasteiger partial charge in [-0.05, 0) is 19.1 Å². The maximum Gasteiger partial charge on any atom is 0.409 e. The van der Waals surface area contributed by atoms with Gasteiger partial charge in [0.2, 0.25) is 15.9 Å². The van der Waals surface area contributed by atoms with E-state index in [0.29, 0.717) is 13.1 Å². The Balaban J connectivity index is 2.13. The van der Waals surface area contributed by atoms with Crippen LogP contribution in [-0.2, 0) is 19.6 Å². The molecule has 1 saturated heterocycles. The molecule has 1 aromatic rings. The second-order valence-corrected chi connectivity index (χ2v) is 9.18. The number of hydrogen-bond acceptors (Lipinski definition) is 5. The summed E-state index contributed by atoms with van der Waals surface area (Å²) in [6.07, 6.45) is 0.535. The average Bonchev–Trinajstić information content (AvgIpc) is 2.62. The number of ether oxygens (including phenoxy) is 1. The van der Waals surface area contributed by atoms with E-state index in [4.69, 9.17) is 39.5 Å². The number of piperazine rings is 1. The van der Waals surface area contributed by atoms with Gasteiger partial charge in [0.1, 0.15) is 6.54 Å². The number of anilines is 1. The molecule has 0 spiro atoms. The minimum absolute atomic E-state index is 0.0553. The molecule has 156 valence electrons. The van der Waals surface area contributed by atoms with Gasteiger partial charge in [-0.25, -0.2) is 13.2 Å². The van der Waals surface area contributed by atoms with Gasteiger partial charge in [0.15, 0.2) is 0 Å². The minimum Gasteiger partial charge on any atom is -0.450 e. The van der Waals surface area contributed by atoms with Gasteiger partial charge >= 0.3 is 6.09 Å².